The minimum Gasteiger partial charge on any atom is -0.497 e. The topological polar surface area (TPSA) is 77.5 Å². The minimum atomic E-state index is 0.390. The van der Waals surface area contributed by atoms with Crippen molar-refractivity contribution in [3.05, 3.63) is 60.6 Å². The molecule has 0 atom stereocenters. The number of ether oxygens (including phenoxy) is 1. The van der Waals surface area contributed by atoms with E-state index < -0.39 is 0 Å². The van der Waals surface area contributed by atoms with Crippen LogP contribution in [0.25, 0.3) is 17.0 Å². The molecule has 4 aromatic rings. The van der Waals surface area contributed by atoms with Gasteiger partial charge in [-0.05, 0) is 24.3 Å². The number of methoxy groups -OCH3 is 1. The lowest BCUT2D eigenvalue weighted by molar-refractivity contribution is 0.414. The number of hydrogen-bond acceptors (Lipinski definition) is 6. The third-order valence-electron chi connectivity index (χ3n) is 3.83. The van der Waals surface area contributed by atoms with Crippen LogP contribution in [0, 0.1) is 0 Å². The standard InChI is InChI=1S/C18H17N5O2/c1-24-15-6-4-5-13(11-15)17-21-18(25-22-17)19-9-8-14-12-23-10-3-2-7-16(23)20-14/h2-7,10-12H,8-9H2,1H3,(H,19,21,22). The van der Waals surface area contributed by atoms with E-state index in [1.807, 2.05) is 59.3 Å². The van der Waals surface area contributed by atoms with Gasteiger partial charge < -0.3 is 19.0 Å². The summed E-state index contributed by atoms with van der Waals surface area (Å²) in [4.78, 5) is 8.92. The summed E-state index contributed by atoms with van der Waals surface area (Å²) >= 11 is 0. The Morgan fingerprint density at radius 3 is 3.00 bits per heavy atom. The first kappa shape index (κ1) is 15.2. The molecule has 0 fully saturated rings. The van der Waals surface area contributed by atoms with Crippen molar-refractivity contribution in [2.75, 3.05) is 19.0 Å². The molecule has 0 aliphatic carbocycles. The zero-order valence-electron chi connectivity index (χ0n) is 13.7. The summed E-state index contributed by atoms with van der Waals surface area (Å²) in [5, 5.41) is 7.13. The van der Waals surface area contributed by atoms with Crippen LogP contribution in [0.5, 0.6) is 5.75 Å². The van der Waals surface area contributed by atoms with Gasteiger partial charge >= 0.3 is 6.01 Å². The zero-order chi connectivity index (χ0) is 17.1. The van der Waals surface area contributed by atoms with Gasteiger partial charge in [0, 0.05) is 30.9 Å². The molecule has 0 unspecified atom stereocenters. The lowest BCUT2D eigenvalue weighted by atomic mass is 10.2. The summed E-state index contributed by atoms with van der Waals surface area (Å²) in [5.74, 6) is 1.28. The minimum absolute atomic E-state index is 0.390. The van der Waals surface area contributed by atoms with Crippen LogP contribution < -0.4 is 10.1 Å². The van der Waals surface area contributed by atoms with Crippen LogP contribution in [0.1, 0.15) is 5.69 Å². The highest BCUT2D eigenvalue weighted by molar-refractivity contribution is 5.57. The number of imidazole rings is 1. The number of rotatable bonds is 6. The van der Waals surface area contributed by atoms with Gasteiger partial charge in [0.05, 0.1) is 12.8 Å². The van der Waals surface area contributed by atoms with E-state index in [9.17, 15) is 0 Å². The van der Waals surface area contributed by atoms with Crippen molar-refractivity contribution in [1.82, 2.24) is 19.5 Å². The number of nitrogens with zero attached hydrogens (tertiary/aromatic N) is 4. The van der Waals surface area contributed by atoms with Gasteiger partial charge in [-0.25, -0.2) is 4.98 Å². The third kappa shape index (κ3) is 3.30. The number of anilines is 1. The molecule has 0 radical (unpaired) electrons. The Hall–Kier alpha value is -3.35. The fourth-order valence-corrected chi connectivity index (χ4v) is 2.58. The van der Waals surface area contributed by atoms with Crippen molar-refractivity contribution >= 4 is 11.7 Å². The molecule has 7 nitrogen and oxygen atoms in total. The van der Waals surface area contributed by atoms with Gasteiger partial charge in [-0.2, -0.15) is 4.98 Å². The second-order valence-electron chi connectivity index (χ2n) is 5.53. The van der Waals surface area contributed by atoms with Crippen molar-refractivity contribution in [2.45, 2.75) is 6.42 Å². The largest absolute Gasteiger partial charge is 0.497 e. The van der Waals surface area contributed by atoms with E-state index in [1.165, 1.54) is 0 Å². The maximum atomic E-state index is 5.25. The fourth-order valence-electron chi connectivity index (χ4n) is 2.58. The van der Waals surface area contributed by atoms with Crippen molar-refractivity contribution in [3.63, 3.8) is 0 Å². The van der Waals surface area contributed by atoms with Crippen LogP contribution in [0.15, 0.2) is 59.4 Å². The second-order valence-corrected chi connectivity index (χ2v) is 5.53. The summed E-state index contributed by atoms with van der Waals surface area (Å²) in [6.45, 7) is 0.656. The Kier molecular flexibility index (Phi) is 4.04. The lowest BCUT2D eigenvalue weighted by Crippen LogP contribution is -2.05. The van der Waals surface area contributed by atoms with E-state index in [-0.39, 0.29) is 0 Å². The van der Waals surface area contributed by atoms with Gasteiger partial charge in [0.25, 0.3) is 0 Å². The number of nitrogens with one attached hydrogen (secondary N) is 1. The maximum Gasteiger partial charge on any atom is 0.321 e. The van der Waals surface area contributed by atoms with Crippen LogP contribution in [-0.2, 0) is 6.42 Å². The number of pyridine rings is 1. The summed E-state index contributed by atoms with van der Waals surface area (Å²) in [7, 11) is 1.63. The maximum absolute atomic E-state index is 5.25. The first-order valence-corrected chi connectivity index (χ1v) is 7.96. The highest BCUT2D eigenvalue weighted by atomic mass is 16.5. The van der Waals surface area contributed by atoms with Crippen LogP contribution in [0.4, 0.5) is 6.01 Å². The van der Waals surface area contributed by atoms with E-state index in [0.29, 0.717) is 18.4 Å². The van der Waals surface area contributed by atoms with E-state index in [0.717, 1.165) is 29.1 Å². The monoisotopic (exact) mass is 335 g/mol. The van der Waals surface area contributed by atoms with Crippen LogP contribution in [-0.4, -0.2) is 33.2 Å². The van der Waals surface area contributed by atoms with Crippen molar-refractivity contribution in [2.24, 2.45) is 0 Å². The van der Waals surface area contributed by atoms with Gasteiger partial charge in [0.15, 0.2) is 0 Å². The summed E-state index contributed by atoms with van der Waals surface area (Å²) in [6, 6.07) is 13.9. The summed E-state index contributed by atoms with van der Waals surface area (Å²) in [6.07, 6.45) is 4.77. The second kappa shape index (κ2) is 6.64. The molecule has 0 spiro atoms. The molecular formula is C18H17N5O2. The number of fused-ring (bicyclic) bond motifs is 1. The molecule has 0 aliphatic heterocycles. The Morgan fingerprint density at radius 1 is 1.16 bits per heavy atom. The molecule has 0 saturated carbocycles. The number of benzene rings is 1. The van der Waals surface area contributed by atoms with E-state index in [2.05, 4.69) is 20.4 Å². The van der Waals surface area contributed by atoms with Crippen molar-refractivity contribution < 1.29 is 9.26 Å². The van der Waals surface area contributed by atoms with Crippen LogP contribution >= 0.6 is 0 Å². The Bertz CT molecular complexity index is 959. The summed E-state index contributed by atoms with van der Waals surface area (Å²) in [5.41, 5.74) is 2.79. The molecule has 3 aromatic heterocycles. The third-order valence-corrected chi connectivity index (χ3v) is 3.83. The normalized spacial score (nSPS) is 10.9. The van der Waals surface area contributed by atoms with E-state index in [4.69, 9.17) is 9.26 Å². The first-order chi connectivity index (χ1) is 12.3. The molecule has 0 amide bonds. The lowest BCUT2D eigenvalue weighted by Gasteiger charge is -2.00. The Morgan fingerprint density at radius 2 is 2.12 bits per heavy atom. The molecule has 25 heavy (non-hydrogen) atoms. The molecule has 0 saturated heterocycles. The molecular weight excluding hydrogens is 318 g/mol. The van der Waals surface area contributed by atoms with E-state index >= 15 is 0 Å². The molecule has 1 N–H and O–H groups in total. The summed E-state index contributed by atoms with van der Waals surface area (Å²) < 4.78 is 12.5. The number of aromatic nitrogens is 4. The van der Waals surface area contributed by atoms with Gasteiger partial charge in [-0.3, -0.25) is 0 Å². The van der Waals surface area contributed by atoms with Gasteiger partial charge in [0.2, 0.25) is 5.82 Å². The quantitative estimate of drug-likeness (QED) is 0.583. The highest BCUT2D eigenvalue weighted by Gasteiger charge is 2.09. The van der Waals surface area contributed by atoms with Crippen molar-refractivity contribution in [3.8, 4) is 17.1 Å². The van der Waals surface area contributed by atoms with E-state index in [1.54, 1.807) is 7.11 Å². The Balaban J connectivity index is 1.39. The SMILES string of the molecule is COc1cccc(-c2noc(NCCc3cn4ccccc4n3)n2)c1. The zero-order valence-corrected chi connectivity index (χ0v) is 13.7. The predicted octanol–water partition coefficient (Wildman–Crippen LogP) is 3.05. The van der Waals surface area contributed by atoms with Gasteiger partial charge in [0.1, 0.15) is 11.4 Å². The molecule has 0 aliphatic rings. The Labute approximate surface area is 144 Å². The predicted molar refractivity (Wildman–Crippen MR) is 93.7 cm³/mol. The van der Waals surface area contributed by atoms with Gasteiger partial charge in [-0.15, -0.1) is 0 Å². The number of hydrogen-bond donors (Lipinski definition) is 1. The molecule has 0 bridgehead atoms. The molecule has 126 valence electrons. The highest BCUT2D eigenvalue weighted by Crippen LogP contribution is 2.22. The van der Waals surface area contributed by atoms with Crippen LogP contribution in [0.2, 0.25) is 0 Å². The average molecular weight is 335 g/mol. The smallest absolute Gasteiger partial charge is 0.321 e. The average Bonchev–Trinajstić information content (AvgIpc) is 3.28. The molecule has 4 rings (SSSR count). The first-order valence-electron chi connectivity index (χ1n) is 7.96. The van der Waals surface area contributed by atoms with Gasteiger partial charge in [-0.1, -0.05) is 23.4 Å². The molecule has 1 aromatic carbocycles. The molecule has 7 heteroatoms. The molecule has 3 heterocycles. The van der Waals surface area contributed by atoms with Crippen LogP contribution in [0.3, 0.4) is 0 Å². The van der Waals surface area contributed by atoms with Crippen molar-refractivity contribution in [1.29, 1.82) is 0 Å². The fraction of sp³-hybridized carbons (Fsp3) is 0.167.